The van der Waals surface area contributed by atoms with E-state index in [0.717, 1.165) is 49.7 Å². The number of piperidine rings is 1. The second kappa shape index (κ2) is 9.40. The van der Waals surface area contributed by atoms with Crippen molar-refractivity contribution >= 4 is 35.0 Å². The number of alkyl halides is 3. The molecule has 2 saturated heterocycles. The van der Waals surface area contributed by atoms with Gasteiger partial charge < -0.3 is 20.0 Å². The maximum atomic E-state index is 13.0. The van der Waals surface area contributed by atoms with Crippen LogP contribution in [-0.2, 0) is 6.18 Å². The highest BCUT2D eigenvalue weighted by Gasteiger charge is 2.33. The number of anilines is 3. The fraction of sp³-hybridized carbons (Fsp3) is 0.476. The van der Waals surface area contributed by atoms with E-state index in [0.29, 0.717) is 26.2 Å². The molecule has 1 aromatic carbocycles. The molecule has 0 radical (unpaired) electrons. The summed E-state index contributed by atoms with van der Waals surface area (Å²) in [5.41, 5.74) is -0.925. The van der Waals surface area contributed by atoms with Crippen LogP contribution in [0.2, 0.25) is 5.02 Å². The monoisotopic (exact) mass is 468 g/mol. The second-order valence-corrected chi connectivity index (χ2v) is 8.29. The Bertz CT molecular complexity index is 959. The number of nitrogens with zero attached hydrogens (tertiary/aromatic N) is 5. The third kappa shape index (κ3) is 5.17. The molecule has 0 atom stereocenters. The van der Waals surface area contributed by atoms with E-state index in [1.165, 1.54) is 12.5 Å². The molecule has 0 saturated carbocycles. The van der Waals surface area contributed by atoms with Crippen molar-refractivity contribution in [2.75, 3.05) is 54.4 Å². The van der Waals surface area contributed by atoms with E-state index in [-0.39, 0.29) is 5.69 Å². The third-order valence-corrected chi connectivity index (χ3v) is 6.06. The van der Waals surface area contributed by atoms with E-state index in [4.69, 9.17) is 11.6 Å². The summed E-state index contributed by atoms with van der Waals surface area (Å²) in [7, 11) is 0. The number of urea groups is 1. The average molecular weight is 469 g/mol. The van der Waals surface area contributed by atoms with Crippen LogP contribution in [-0.4, -0.2) is 60.2 Å². The number of rotatable bonds is 3. The first-order valence-corrected chi connectivity index (χ1v) is 10.9. The summed E-state index contributed by atoms with van der Waals surface area (Å²) in [4.78, 5) is 27.3. The topological polar surface area (TPSA) is 64.6 Å². The Morgan fingerprint density at radius 3 is 2.16 bits per heavy atom. The molecule has 2 amide bonds. The summed E-state index contributed by atoms with van der Waals surface area (Å²) in [5, 5.41) is 2.13. The molecule has 32 heavy (non-hydrogen) atoms. The number of aromatic nitrogens is 2. The Hall–Kier alpha value is -2.75. The van der Waals surface area contributed by atoms with E-state index >= 15 is 0 Å². The van der Waals surface area contributed by atoms with Gasteiger partial charge in [0.25, 0.3) is 0 Å². The van der Waals surface area contributed by atoms with Crippen LogP contribution in [0.15, 0.2) is 30.6 Å². The predicted octanol–water partition coefficient (Wildman–Crippen LogP) is 4.49. The molecule has 0 spiro atoms. The molecule has 3 heterocycles. The summed E-state index contributed by atoms with van der Waals surface area (Å²) in [5.74, 6) is 1.73. The van der Waals surface area contributed by atoms with Gasteiger partial charge in [0, 0.05) is 51.0 Å². The van der Waals surface area contributed by atoms with Crippen molar-refractivity contribution in [1.82, 2.24) is 14.9 Å². The Balaban J connectivity index is 1.35. The lowest BCUT2D eigenvalue weighted by molar-refractivity contribution is -0.137. The Morgan fingerprint density at radius 1 is 0.906 bits per heavy atom. The number of piperazine rings is 1. The van der Waals surface area contributed by atoms with Gasteiger partial charge in [-0.05, 0) is 37.5 Å². The van der Waals surface area contributed by atoms with Crippen LogP contribution >= 0.6 is 11.6 Å². The quantitative estimate of drug-likeness (QED) is 0.719. The van der Waals surface area contributed by atoms with Crippen LogP contribution in [0.5, 0.6) is 0 Å². The molecule has 0 bridgehead atoms. The molecule has 4 rings (SSSR count). The molecule has 172 valence electrons. The maximum absolute atomic E-state index is 13.0. The predicted molar refractivity (Wildman–Crippen MR) is 117 cm³/mol. The molecule has 2 aliphatic rings. The zero-order chi connectivity index (χ0) is 22.7. The van der Waals surface area contributed by atoms with Gasteiger partial charge in [0.1, 0.15) is 18.0 Å². The van der Waals surface area contributed by atoms with Crippen LogP contribution in [0.1, 0.15) is 24.8 Å². The third-order valence-electron chi connectivity index (χ3n) is 5.73. The highest BCUT2D eigenvalue weighted by molar-refractivity contribution is 6.31. The molecular weight excluding hydrogens is 445 g/mol. The number of hydrogen-bond acceptors (Lipinski definition) is 5. The first-order chi connectivity index (χ1) is 15.3. The maximum Gasteiger partial charge on any atom is 0.417 e. The summed E-state index contributed by atoms with van der Waals surface area (Å²) in [6.07, 6.45) is 0.535. The summed E-state index contributed by atoms with van der Waals surface area (Å²) in [6.45, 7) is 3.97. The van der Waals surface area contributed by atoms with Gasteiger partial charge in [0.05, 0.1) is 10.6 Å². The SMILES string of the molecule is O=C(Nc1ccc(Cl)c(C(F)(F)F)c1)N1CCN(c2cc(N3CCCCC3)ncn2)CC1. The Kier molecular flexibility index (Phi) is 6.59. The number of carbonyl (C=O) groups excluding carboxylic acids is 1. The summed E-state index contributed by atoms with van der Waals surface area (Å²) in [6, 6.07) is 4.87. The van der Waals surface area contributed by atoms with Gasteiger partial charge in [0.2, 0.25) is 0 Å². The number of hydrogen-bond donors (Lipinski definition) is 1. The van der Waals surface area contributed by atoms with E-state index in [1.54, 1.807) is 11.2 Å². The van der Waals surface area contributed by atoms with Crippen LogP contribution in [0, 0.1) is 0 Å². The number of amides is 2. The average Bonchev–Trinajstić information content (AvgIpc) is 2.80. The fourth-order valence-electron chi connectivity index (χ4n) is 3.97. The lowest BCUT2D eigenvalue weighted by atomic mass is 10.1. The van der Waals surface area contributed by atoms with Gasteiger partial charge in [-0.15, -0.1) is 0 Å². The fourth-order valence-corrected chi connectivity index (χ4v) is 4.19. The molecule has 1 aromatic heterocycles. The van der Waals surface area contributed by atoms with E-state index in [9.17, 15) is 18.0 Å². The standard InChI is InChI=1S/C21H24ClF3N6O/c22-17-5-4-15(12-16(17)21(23,24)25)28-20(32)31-10-8-30(9-11-31)19-13-18(26-14-27-19)29-6-2-1-3-7-29/h4-5,12-14H,1-3,6-11H2,(H,28,32). The van der Waals surface area contributed by atoms with Crippen molar-refractivity contribution in [3.8, 4) is 0 Å². The number of nitrogens with one attached hydrogen (secondary N) is 1. The van der Waals surface area contributed by atoms with Gasteiger partial charge in [-0.25, -0.2) is 14.8 Å². The largest absolute Gasteiger partial charge is 0.417 e. The number of halogens is 4. The summed E-state index contributed by atoms with van der Waals surface area (Å²) < 4.78 is 39.1. The van der Waals surface area contributed by atoms with E-state index in [1.807, 2.05) is 6.07 Å². The van der Waals surface area contributed by atoms with Crippen molar-refractivity contribution in [3.05, 3.63) is 41.2 Å². The van der Waals surface area contributed by atoms with Crippen molar-refractivity contribution in [2.24, 2.45) is 0 Å². The van der Waals surface area contributed by atoms with Crippen molar-refractivity contribution < 1.29 is 18.0 Å². The highest BCUT2D eigenvalue weighted by atomic mass is 35.5. The minimum absolute atomic E-state index is 0.0520. The first kappa shape index (κ1) is 22.4. The second-order valence-electron chi connectivity index (χ2n) is 7.88. The minimum atomic E-state index is -4.59. The molecule has 0 aliphatic carbocycles. The Labute approximate surface area is 189 Å². The normalized spacial score (nSPS) is 17.4. The van der Waals surface area contributed by atoms with Crippen LogP contribution in [0.4, 0.5) is 35.3 Å². The highest BCUT2D eigenvalue weighted by Crippen LogP contribution is 2.36. The van der Waals surface area contributed by atoms with Crippen molar-refractivity contribution in [2.45, 2.75) is 25.4 Å². The van der Waals surface area contributed by atoms with Crippen LogP contribution in [0.25, 0.3) is 0 Å². The van der Waals surface area contributed by atoms with E-state index < -0.39 is 22.8 Å². The molecule has 1 N–H and O–H groups in total. The van der Waals surface area contributed by atoms with Gasteiger partial charge in [-0.3, -0.25) is 0 Å². The van der Waals surface area contributed by atoms with Crippen LogP contribution < -0.4 is 15.1 Å². The molecular formula is C21H24ClF3N6O. The number of carbonyl (C=O) groups is 1. The molecule has 0 unspecified atom stereocenters. The molecule has 11 heteroatoms. The summed E-state index contributed by atoms with van der Waals surface area (Å²) >= 11 is 5.64. The molecule has 2 aliphatic heterocycles. The Morgan fingerprint density at radius 2 is 1.53 bits per heavy atom. The lowest BCUT2D eigenvalue weighted by Gasteiger charge is -2.36. The zero-order valence-electron chi connectivity index (χ0n) is 17.4. The van der Waals surface area contributed by atoms with Gasteiger partial charge in [-0.2, -0.15) is 13.2 Å². The first-order valence-electron chi connectivity index (χ1n) is 10.6. The van der Waals surface area contributed by atoms with Gasteiger partial charge >= 0.3 is 12.2 Å². The van der Waals surface area contributed by atoms with Gasteiger partial charge in [-0.1, -0.05) is 11.6 Å². The van der Waals surface area contributed by atoms with Crippen LogP contribution in [0.3, 0.4) is 0 Å². The van der Waals surface area contributed by atoms with Gasteiger partial charge in [0.15, 0.2) is 0 Å². The van der Waals surface area contributed by atoms with Crippen molar-refractivity contribution in [3.63, 3.8) is 0 Å². The molecule has 2 aromatic rings. The van der Waals surface area contributed by atoms with E-state index in [2.05, 4.69) is 25.1 Å². The number of benzene rings is 1. The molecule has 2 fully saturated rings. The zero-order valence-corrected chi connectivity index (χ0v) is 18.2. The lowest BCUT2D eigenvalue weighted by Crippen LogP contribution is -2.50. The smallest absolute Gasteiger partial charge is 0.356 e. The molecule has 7 nitrogen and oxygen atoms in total. The minimum Gasteiger partial charge on any atom is -0.356 e. The van der Waals surface area contributed by atoms with Crippen molar-refractivity contribution in [1.29, 1.82) is 0 Å².